The van der Waals surface area contributed by atoms with Gasteiger partial charge in [0, 0.05) is 24.3 Å². The van der Waals surface area contributed by atoms with Gasteiger partial charge in [-0.1, -0.05) is 12.1 Å². The molecule has 1 rings (SSSR count). The summed E-state index contributed by atoms with van der Waals surface area (Å²) in [6.45, 7) is 1.65. The van der Waals surface area contributed by atoms with Gasteiger partial charge in [-0.25, -0.2) is 4.79 Å². The van der Waals surface area contributed by atoms with E-state index in [2.05, 4.69) is 5.32 Å². The van der Waals surface area contributed by atoms with Gasteiger partial charge in [0.15, 0.2) is 0 Å². The molecule has 0 aromatic heterocycles. The van der Waals surface area contributed by atoms with E-state index in [4.69, 9.17) is 10.2 Å². The number of rotatable bonds is 6. The van der Waals surface area contributed by atoms with Gasteiger partial charge in [0.1, 0.15) is 6.29 Å². The zero-order valence-electron chi connectivity index (χ0n) is 10.8. The van der Waals surface area contributed by atoms with Crippen LogP contribution < -0.4 is 5.32 Å². The maximum absolute atomic E-state index is 11.9. The van der Waals surface area contributed by atoms with Crippen LogP contribution in [0.15, 0.2) is 18.2 Å². The number of aliphatic hydroxyl groups is 2. The van der Waals surface area contributed by atoms with E-state index < -0.39 is 6.03 Å². The molecule has 0 unspecified atom stereocenters. The summed E-state index contributed by atoms with van der Waals surface area (Å²) in [5.74, 6) is 0. The number of amides is 2. The molecule has 0 aliphatic rings. The maximum Gasteiger partial charge on any atom is 0.322 e. The van der Waals surface area contributed by atoms with Gasteiger partial charge >= 0.3 is 6.03 Å². The van der Waals surface area contributed by atoms with Crippen LogP contribution in [0.1, 0.15) is 15.9 Å². The smallest absolute Gasteiger partial charge is 0.322 e. The van der Waals surface area contributed by atoms with E-state index in [9.17, 15) is 9.59 Å². The second kappa shape index (κ2) is 7.50. The molecule has 0 radical (unpaired) electrons. The van der Waals surface area contributed by atoms with Crippen LogP contribution in [0.2, 0.25) is 0 Å². The SMILES string of the molecule is Cc1c(C=O)cccc1NC(=O)N(CCO)CCO. The van der Waals surface area contributed by atoms with E-state index in [1.807, 2.05) is 0 Å². The Morgan fingerprint density at radius 1 is 1.32 bits per heavy atom. The molecule has 0 atom stereocenters. The third-order valence-electron chi connectivity index (χ3n) is 2.77. The Kier molecular flexibility index (Phi) is 5.98. The molecule has 0 bridgehead atoms. The summed E-state index contributed by atoms with van der Waals surface area (Å²) >= 11 is 0. The summed E-state index contributed by atoms with van der Waals surface area (Å²) in [7, 11) is 0. The van der Waals surface area contributed by atoms with Gasteiger partial charge in [0.05, 0.1) is 13.2 Å². The lowest BCUT2D eigenvalue weighted by molar-refractivity contribution is 0.112. The van der Waals surface area contributed by atoms with Crippen molar-refractivity contribution in [3.8, 4) is 0 Å². The van der Waals surface area contributed by atoms with Crippen LogP contribution in [-0.2, 0) is 0 Å². The Bertz CT molecular complexity index is 442. The normalized spacial score (nSPS) is 10.1. The third kappa shape index (κ3) is 4.04. The molecule has 0 saturated heterocycles. The second-order valence-electron chi connectivity index (χ2n) is 4.00. The maximum atomic E-state index is 11.9. The van der Waals surface area contributed by atoms with Crippen molar-refractivity contribution in [2.75, 3.05) is 31.6 Å². The molecular weight excluding hydrogens is 248 g/mol. The highest BCUT2D eigenvalue weighted by Gasteiger charge is 2.14. The van der Waals surface area contributed by atoms with Crippen LogP contribution in [0.4, 0.5) is 10.5 Å². The molecule has 19 heavy (non-hydrogen) atoms. The van der Waals surface area contributed by atoms with Crippen LogP contribution in [0.25, 0.3) is 0 Å². The summed E-state index contributed by atoms with van der Waals surface area (Å²) in [6.07, 6.45) is 0.726. The number of aldehydes is 1. The molecule has 2 amide bonds. The van der Waals surface area contributed by atoms with Crippen LogP contribution >= 0.6 is 0 Å². The number of nitrogens with zero attached hydrogens (tertiary/aromatic N) is 1. The quantitative estimate of drug-likeness (QED) is 0.659. The van der Waals surface area contributed by atoms with Gasteiger partial charge in [-0.05, 0) is 18.6 Å². The summed E-state index contributed by atoms with van der Waals surface area (Å²) in [4.78, 5) is 24.1. The van der Waals surface area contributed by atoms with Gasteiger partial charge < -0.3 is 20.4 Å². The molecule has 0 spiro atoms. The highest BCUT2D eigenvalue weighted by atomic mass is 16.3. The number of anilines is 1. The Hall–Kier alpha value is -1.92. The van der Waals surface area contributed by atoms with Crippen molar-refractivity contribution in [3.63, 3.8) is 0 Å². The van der Waals surface area contributed by atoms with Gasteiger partial charge in [0.2, 0.25) is 0 Å². The van der Waals surface area contributed by atoms with E-state index >= 15 is 0 Å². The number of aliphatic hydroxyl groups excluding tert-OH is 2. The third-order valence-corrected chi connectivity index (χ3v) is 2.77. The monoisotopic (exact) mass is 266 g/mol. The first-order valence-corrected chi connectivity index (χ1v) is 5.96. The van der Waals surface area contributed by atoms with Crippen molar-refractivity contribution >= 4 is 18.0 Å². The average molecular weight is 266 g/mol. The molecule has 3 N–H and O–H groups in total. The largest absolute Gasteiger partial charge is 0.395 e. The number of carbonyl (C=O) groups is 2. The van der Waals surface area contributed by atoms with Crippen LogP contribution in [-0.4, -0.2) is 53.7 Å². The number of hydrogen-bond donors (Lipinski definition) is 3. The minimum absolute atomic E-state index is 0.138. The number of urea groups is 1. The van der Waals surface area contributed by atoms with Gasteiger partial charge in [0.25, 0.3) is 0 Å². The minimum Gasteiger partial charge on any atom is -0.395 e. The standard InChI is InChI=1S/C13H18N2O4/c1-10-11(9-18)3-2-4-12(10)14-13(19)15(5-7-16)6-8-17/h2-4,9,16-17H,5-8H2,1H3,(H,14,19). The molecule has 1 aromatic carbocycles. The summed E-state index contributed by atoms with van der Waals surface area (Å²) in [6, 6.07) is 4.61. The van der Waals surface area contributed by atoms with Crippen molar-refractivity contribution in [1.29, 1.82) is 0 Å². The first kappa shape index (κ1) is 15.1. The van der Waals surface area contributed by atoms with E-state index in [-0.39, 0.29) is 26.3 Å². The summed E-state index contributed by atoms with van der Waals surface area (Å²) in [5, 5.41) is 20.4. The fourth-order valence-electron chi connectivity index (χ4n) is 1.67. The first-order valence-electron chi connectivity index (χ1n) is 5.96. The average Bonchev–Trinajstić information content (AvgIpc) is 2.41. The van der Waals surface area contributed by atoms with Crippen molar-refractivity contribution in [1.82, 2.24) is 4.90 Å². The molecule has 0 saturated carbocycles. The molecule has 6 nitrogen and oxygen atoms in total. The van der Waals surface area contributed by atoms with E-state index in [0.717, 1.165) is 6.29 Å². The molecule has 0 aliphatic carbocycles. The molecule has 0 heterocycles. The topological polar surface area (TPSA) is 89.9 Å². The van der Waals surface area contributed by atoms with Crippen molar-refractivity contribution < 1.29 is 19.8 Å². The van der Waals surface area contributed by atoms with E-state index in [1.165, 1.54) is 4.90 Å². The number of nitrogens with one attached hydrogen (secondary N) is 1. The molecule has 104 valence electrons. The fraction of sp³-hybridized carbons (Fsp3) is 0.385. The fourth-order valence-corrected chi connectivity index (χ4v) is 1.67. The lowest BCUT2D eigenvalue weighted by atomic mass is 10.1. The lowest BCUT2D eigenvalue weighted by Gasteiger charge is -2.21. The molecule has 0 fully saturated rings. The van der Waals surface area contributed by atoms with Crippen molar-refractivity contribution in [2.24, 2.45) is 0 Å². The first-order chi connectivity index (χ1) is 9.13. The van der Waals surface area contributed by atoms with E-state index in [0.29, 0.717) is 16.8 Å². The zero-order valence-corrected chi connectivity index (χ0v) is 10.8. The number of benzene rings is 1. The molecule has 6 heteroatoms. The van der Waals surface area contributed by atoms with Gasteiger partial charge in [-0.3, -0.25) is 4.79 Å². The minimum atomic E-state index is -0.422. The molecule has 1 aromatic rings. The lowest BCUT2D eigenvalue weighted by Crippen LogP contribution is -2.39. The highest BCUT2D eigenvalue weighted by Crippen LogP contribution is 2.17. The molecular formula is C13H18N2O4. The Balaban J connectivity index is 2.83. The number of hydrogen-bond acceptors (Lipinski definition) is 4. The summed E-state index contributed by atoms with van der Waals surface area (Å²) < 4.78 is 0. The predicted octanol–water partition coefficient (Wildman–Crippen LogP) is 0.626. The second-order valence-corrected chi connectivity index (χ2v) is 4.00. The van der Waals surface area contributed by atoms with Crippen LogP contribution in [0.3, 0.4) is 0 Å². The van der Waals surface area contributed by atoms with E-state index in [1.54, 1.807) is 25.1 Å². The van der Waals surface area contributed by atoms with Crippen molar-refractivity contribution in [3.05, 3.63) is 29.3 Å². The Morgan fingerprint density at radius 2 is 1.95 bits per heavy atom. The highest BCUT2D eigenvalue weighted by molar-refractivity contribution is 5.92. The van der Waals surface area contributed by atoms with Gasteiger partial charge in [-0.15, -0.1) is 0 Å². The predicted molar refractivity (Wildman–Crippen MR) is 71.3 cm³/mol. The molecule has 0 aliphatic heterocycles. The van der Waals surface area contributed by atoms with Crippen LogP contribution in [0.5, 0.6) is 0 Å². The van der Waals surface area contributed by atoms with Crippen molar-refractivity contribution in [2.45, 2.75) is 6.92 Å². The number of carbonyl (C=O) groups excluding carboxylic acids is 2. The summed E-state index contributed by atoms with van der Waals surface area (Å²) in [5.41, 5.74) is 1.72. The Morgan fingerprint density at radius 3 is 2.47 bits per heavy atom. The Labute approximate surface area is 111 Å². The van der Waals surface area contributed by atoms with Gasteiger partial charge in [-0.2, -0.15) is 0 Å². The zero-order chi connectivity index (χ0) is 14.3. The van der Waals surface area contributed by atoms with Crippen LogP contribution in [0, 0.1) is 6.92 Å².